The Morgan fingerprint density at radius 2 is 2.09 bits per heavy atom. The standard InChI is InChI=1S/C17H29N3O3/c1-5-12(6-2)15-10-13(8-9-22-15)18-17(21)19-16-11(4)20-23-14(16)7-3/h12-13,15H,5-10H2,1-4H3,(H2,18,19,21)/t13-,15-/m1/s1. The number of rotatable bonds is 6. The normalized spacial score (nSPS) is 21.4. The van der Waals surface area contributed by atoms with Crippen LogP contribution in [0.15, 0.2) is 4.52 Å². The van der Waals surface area contributed by atoms with Gasteiger partial charge in [-0.3, -0.25) is 0 Å². The van der Waals surface area contributed by atoms with Gasteiger partial charge in [0, 0.05) is 19.1 Å². The molecule has 1 aromatic rings. The Hall–Kier alpha value is -1.56. The third-order valence-corrected chi connectivity index (χ3v) is 4.72. The van der Waals surface area contributed by atoms with Crippen molar-refractivity contribution in [1.29, 1.82) is 0 Å². The van der Waals surface area contributed by atoms with Gasteiger partial charge in [-0.25, -0.2) is 4.79 Å². The molecule has 130 valence electrons. The van der Waals surface area contributed by atoms with Crippen LogP contribution in [0.3, 0.4) is 0 Å². The molecule has 0 bridgehead atoms. The fourth-order valence-electron chi connectivity index (χ4n) is 3.26. The van der Waals surface area contributed by atoms with Gasteiger partial charge in [0.05, 0.1) is 6.10 Å². The molecular formula is C17H29N3O3. The molecule has 0 saturated carbocycles. The van der Waals surface area contributed by atoms with E-state index < -0.39 is 0 Å². The van der Waals surface area contributed by atoms with Crippen molar-refractivity contribution < 1.29 is 14.1 Å². The quantitative estimate of drug-likeness (QED) is 0.838. The predicted octanol–water partition coefficient (Wildman–Crippen LogP) is 3.65. The molecule has 0 aliphatic carbocycles. The summed E-state index contributed by atoms with van der Waals surface area (Å²) < 4.78 is 11.1. The lowest BCUT2D eigenvalue weighted by atomic mass is 9.89. The van der Waals surface area contributed by atoms with Crippen molar-refractivity contribution in [3.63, 3.8) is 0 Å². The minimum atomic E-state index is -0.193. The highest BCUT2D eigenvalue weighted by molar-refractivity contribution is 5.90. The number of aromatic nitrogens is 1. The van der Waals surface area contributed by atoms with Gasteiger partial charge in [-0.2, -0.15) is 0 Å². The molecule has 0 unspecified atom stereocenters. The monoisotopic (exact) mass is 323 g/mol. The first-order valence-corrected chi connectivity index (χ1v) is 8.73. The Labute approximate surface area is 138 Å². The van der Waals surface area contributed by atoms with E-state index in [2.05, 4.69) is 29.6 Å². The van der Waals surface area contributed by atoms with Gasteiger partial charge < -0.3 is 19.9 Å². The second kappa shape index (κ2) is 8.34. The number of carbonyl (C=O) groups is 1. The minimum Gasteiger partial charge on any atom is -0.378 e. The Balaban J connectivity index is 1.91. The Morgan fingerprint density at radius 3 is 2.74 bits per heavy atom. The van der Waals surface area contributed by atoms with Crippen LogP contribution in [-0.2, 0) is 11.2 Å². The predicted molar refractivity (Wildman–Crippen MR) is 89.6 cm³/mol. The van der Waals surface area contributed by atoms with Gasteiger partial charge in [-0.15, -0.1) is 0 Å². The van der Waals surface area contributed by atoms with Crippen LogP contribution in [0.1, 0.15) is 57.9 Å². The summed E-state index contributed by atoms with van der Waals surface area (Å²) in [5, 5.41) is 9.86. The highest BCUT2D eigenvalue weighted by Gasteiger charge is 2.28. The van der Waals surface area contributed by atoms with Crippen molar-refractivity contribution in [2.24, 2.45) is 5.92 Å². The third kappa shape index (κ3) is 4.47. The van der Waals surface area contributed by atoms with Crippen molar-refractivity contribution >= 4 is 11.7 Å². The molecule has 0 radical (unpaired) electrons. The van der Waals surface area contributed by atoms with Crippen LogP contribution in [0.25, 0.3) is 0 Å². The first-order valence-electron chi connectivity index (χ1n) is 8.73. The van der Waals surface area contributed by atoms with Gasteiger partial charge in [-0.1, -0.05) is 38.8 Å². The van der Waals surface area contributed by atoms with E-state index in [1.165, 1.54) is 0 Å². The summed E-state index contributed by atoms with van der Waals surface area (Å²) in [5.74, 6) is 1.27. The van der Waals surface area contributed by atoms with Gasteiger partial charge in [0.1, 0.15) is 11.4 Å². The maximum absolute atomic E-state index is 12.3. The van der Waals surface area contributed by atoms with E-state index in [-0.39, 0.29) is 18.2 Å². The zero-order valence-corrected chi connectivity index (χ0v) is 14.6. The van der Waals surface area contributed by atoms with Gasteiger partial charge in [-0.05, 0) is 25.7 Å². The van der Waals surface area contributed by atoms with Crippen molar-refractivity contribution in [2.75, 3.05) is 11.9 Å². The fourth-order valence-corrected chi connectivity index (χ4v) is 3.26. The highest BCUT2D eigenvalue weighted by atomic mass is 16.5. The largest absolute Gasteiger partial charge is 0.378 e. The molecular weight excluding hydrogens is 294 g/mol. The molecule has 1 aromatic heterocycles. The van der Waals surface area contributed by atoms with Gasteiger partial charge in [0.15, 0.2) is 5.76 Å². The smallest absolute Gasteiger partial charge is 0.319 e. The lowest BCUT2D eigenvalue weighted by Crippen LogP contribution is -2.45. The first kappa shape index (κ1) is 17.8. The Morgan fingerprint density at radius 1 is 1.35 bits per heavy atom. The van der Waals surface area contributed by atoms with E-state index >= 15 is 0 Å². The van der Waals surface area contributed by atoms with E-state index in [1.807, 2.05) is 13.8 Å². The van der Waals surface area contributed by atoms with Crippen LogP contribution in [-0.4, -0.2) is 29.9 Å². The van der Waals surface area contributed by atoms with Crippen LogP contribution in [0.5, 0.6) is 0 Å². The SMILES string of the molecule is CCc1onc(C)c1NC(=O)N[C@@H]1CCO[C@@H](C(CC)CC)C1. The molecule has 1 aliphatic heterocycles. The molecule has 0 spiro atoms. The third-order valence-electron chi connectivity index (χ3n) is 4.72. The molecule has 2 heterocycles. The summed E-state index contributed by atoms with van der Waals surface area (Å²) in [6.07, 6.45) is 4.90. The van der Waals surface area contributed by atoms with E-state index in [9.17, 15) is 4.79 Å². The molecule has 1 fully saturated rings. The molecule has 6 nitrogen and oxygen atoms in total. The van der Waals surface area contributed by atoms with Crippen LogP contribution in [0.4, 0.5) is 10.5 Å². The Kier molecular flexibility index (Phi) is 6.45. The number of aryl methyl sites for hydroxylation is 2. The van der Waals surface area contributed by atoms with E-state index in [0.717, 1.165) is 25.7 Å². The number of hydrogen-bond acceptors (Lipinski definition) is 4. The molecule has 1 saturated heterocycles. The lowest BCUT2D eigenvalue weighted by Gasteiger charge is -2.34. The van der Waals surface area contributed by atoms with Crippen LogP contribution in [0, 0.1) is 12.8 Å². The summed E-state index contributed by atoms with van der Waals surface area (Å²) in [5.41, 5.74) is 1.40. The molecule has 2 N–H and O–H groups in total. The van der Waals surface area contributed by atoms with Gasteiger partial charge in [0.25, 0.3) is 0 Å². The van der Waals surface area contributed by atoms with Gasteiger partial charge in [0.2, 0.25) is 0 Å². The van der Waals surface area contributed by atoms with Gasteiger partial charge >= 0.3 is 6.03 Å². The second-order valence-corrected chi connectivity index (χ2v) is 6.23. The molecule has 1 aliphatic rings. The molecule has 0 aromatic carbocycles. The summed E-state index contributed by atoms with van der Waals surface area (Å²) >= 11 is 0. The molecule has 23 heavy (non-hydrogen) atoms. The summed E-state index contributed by atoms with van der Waals surface area (Å²) in [6.45, 7) is 8.90. The average Bonchev–Trinajstić information content (AvgIpc) is 2.89. The number of urea groups is 1. The van der Waals surface area contributed by atoms with Crippen molar-refractivity contribution in [2.45, 2.75) is 71.9 Å². The lowest BCUT2D eigenvalue weighted by molar-refractivity contribution is -0.0329. The number of anilines is 1. The molecule has 6 heteroatoms. The molecule has 2 atom stereocenters. The number of nitrogens with zero attached hydrogens (tertiary/aromatic N) is 1. The van der Waals surface area contributed by atoms with E-state index in [4.69, 9.17) is 9.26 Å². The van der Waals surface area contributed by atoms with E-state index in [0.29, 0.717) is 36.1 Å². The highest BCUT2D eigenvalue weighted by Crippen LogP contribution is 2.25. The topological polar surface area (TPSA) is 76.4 Å². The minimum absolute atomic E-state index is 0.152. The summed E-state index contributed by atoms with van der Waals surface area (Å²) in [4.78, 5) is 12.3. The average molecular weight is 323 g/mol. The zero-order valence-electron chi connectivity index (χ0n) is 14.6. The fraction of sp³-hybridized carbons (Fsp3) is 0.765. The summed E-state index contributed by atoms with van der Waals surface area (Å²) in [6, 6.07) is -0.0409. The second-order valence-electron chi connectivity index (χ2n) is 6.23. The Bertz CT molecular complexity index is 511. The number of hydrogen-bond donors (Lipinski definition) is 2. The first-order chi connectivity index (χ1) is 11.1. The number of nitrogens with one attached hydrogen (secondary N) is 2. The van der Waals surface area contributed by atoms with E-state index in [1.54, 1.807) is 0 Å². The zero-order chi connectivity index (χ0) is 16.8. The van der Waals surface area contributed by atoms with Crippen LogP contribution < -0.4 is 10.6 Å². The molecule has 2 rings (SSSR count). The van der Waals surface area contributed by atoms with Crippen LogP contribution in [0.2, 0.25) is 0 Å². The van der Waals surface area contributed by atoms with Crippen molar-refractivity contribution in [3.8, 4) is 0 Å². The van der Waals surface area contributed by atoms with Crippen molar-refractivity contribution in [3.05, 3.63) is 11.5 Å². The maximum atomic E-state index is 12.3. The summed E-state index contributed by atoms with van der Waals surface area (Å²) in [7, 11) is 0. The van der Waals surface area contributed by atoms with Crippen LogP contribution >= 0.6 is 0 Å². The molecule has 2 amide bonds. The number of amides is 2. The number of carbonyl (C=O) groups excluding carboxylic acids is 1. The van der Waals surface area contributed by atoms with Crippen molar-refractivity contribution in [1.82, 2.24) is 10.5 Å². The number of ether oxygens (including phenoxy) is 1. The maximum Gasteiger partial charge on any atom is 0.319 e.